The van der Waals surface area contributed by atoms with E-state index < -0.39 is 11.9 Å². The van der Waals surface area contributed by atoms with Gasteiger partial charge in [-0.2, -0.15) is 0 Å². The van der Waals surface area contributed by atoms with Crippen molar-refractivity contribution in [1.82, 2.24) is 0 Å². The zero-order valence-electron chi connectivity index (χ0n) is 13.1. The lowest BCUT2D eigenvalue weighted by Gasteiger charge is -2.13. The Morgan fingerprint density at radius 2 is 1.48 bits per heavy atom. The molecule has 0 saturated heterocycles. The molecule has 0 aliphatic carbocycles. The molecule has 0 aliphatic heterocycles. The van der Waals surface area contributed by atoms with Crippen LogP contribution in [0.2, 0.25) is 0 Å². The molecular formula is C18H18O4S. The number of carbonyl (C=O) groups excluding carboxylic acids is 2. The van der Waals surface area contributed by atoms with Gasteiger partial charge in [0.1, 0.15) is 0 Å². The second-order valence-electron chi connectivity index (χ2n) is 4.53. The van der Waals surface area contributed by atoms with Gasteiger partial charge in [-0.1, -0.05) is 36.4 Å². The SMILES string of the molecule is CCOC(=O)/C(=C(/C(=O)OCC)c1cccs1)c1ccccc1. The topological polar surface area (TPSA) is 52.6 Å². The van der Waals surface area contributed by atoms with Gasteiger partial charge >= 0.3 is 11.9 Å². The first-order valence-electron chi connectivity index (χ1n) is 7.36. The lowest BCUT2D eigenvalue weighted by atomic mass is 9.98. The Morgan fingerprint density at radius 1 is 0.870 bits per heavy atom. The van der Waals surface area contributed by atoms with Crippen LogP contribution in [-0.2, 0) is 19.1 Å². The van der Waals surface area contributed by atoms with E-state index in [0.29, 0.717) is 10.4 Å². The van der Waals surface area contributed by atoms with Crippen LogP contribution in [-0.4, -0.2) is 25.2 Å². The van der Waals surface area contributed by atoms with Crippen LogP contribution in [0, 0.1) is 0 Å². The number of esters is 2. The molecule has 0 N–H and O–H groups in total. The van der Waals surface area contributed by atoms with Crippen molar-refractivity contribution in [3.05, 3.63) is 58.3 Å². The Balaban J connectivity index is 2.68. The van der Waals surface area contributed by atoms with Gasteiger partial charge in [-0.25, -0.2) is 9.59 Å². The molecule has 0 unspecified atom stereocenters. The molecule has 0 saturated carbocycles. The van der Waals surface area contributed by atoms with Gasteiger partial charge < -0.3 is 9.47 Å². The normalized spacial score (nSPS) is 11.6. The van der Waals surface area contributed by atoms with Gasteiger partial charge in [-0.15, -0.1) is 11.3 Å². The Kier molecular flexibility index (Phi) is 6.11. The Bertz CT molecular complexity index is 687. The van der Waals surface area contributed by atoms with Crippen LogP contribution in [0.5, 0.6) is 0 Å². The summed E-state index contributed by atoms with van der Waals surface area (Å²) in [5.74, 6) is -1.06. The van der Waals surface area contributed by atoms with Crippen molar-refractivity contribution in [2.75, 3.05) is 13.2 Å². The van der Waals surface area contributed by atoms with Gasteiger partial charge in [0.2, 0.25) is 0 Å². The summed E-state index contributed by atoms with van der Waals surface area (Å²) in [6, 6.07) is 12.6. The van der Waals surface area contributed by atoms with Gasteiger partial charge in [-0.3, -0.25) is 0 Å². The van der Waals surface area contributed by atoms with Gasteiger partial charge in [0.15, 0.2) is 0 Å². The third-order valence-electron chi connectivity index (χ3n) is 3.04. The van der Waals surface area contributed by atoms with Gasteiger partial charge in [0.05, 0.1) is 24.4 Å². The molecule has 1 aromatic heterocycles. The zero-order chi connectivity index (χ0) is 16.7. The second-order valence-corrected chi connectivity index (χ2v) is 5.48. The van der Waals surface area contributed by atoms with Crippen LogP contribution in [0.25, 0.3) is 11.1 Å². The van der Waals surface area contributed by atoms with E-state index in [0.717, 1.165) is 0 Å². The molecule has 1 heterocycles. The van der Waals surface area contributed by atoms with Crippen LogP contribution in [0.3, 0.4) is 0 Å². The molecule has 0 radical (unpaired) electrons. The summed E-state index contributed by atoms with van der Waals surface area (Å²) in [6.07, 6.45) is 0. The molecule has 0 fully saturated rings. The smallest absolute Gasteiger partial charge is 0.340 e. The molecule has 0 atom stereocenters. The molecule has 120 valence electrons. The third-order valence-corrected chi connectivity index (χ3v) is 3.93. The summed E-state index contributed by atoms with van der Waals surface area (Å²) in [5.41, 5.74) is 1.10. The minimum Gasteiger partial charge on any atom is -0.462 e. The van der Waals surface area contributed by atoms with Crippen molar-refractivity contribution in [1.29, 1.82) is 0 Å². The minimum atomic E-state index is -0.532. The van der Waals surface area contributed by atoms with Crippen LogP contribution in [0.15, 0.2) is 47.8 Å². The predicted octanol–water partition coefficient (Wildman–Crippen LogP) is 3.79. The predicted molar refractivity (Wildman–Crippen MR) is 90.8 cm³/mol. The summed E-state index contributed by atoms with van der Waals surface area (Å²) < 4.78 is 10.3. The van der Waals surface area contributed by atoms with Crippen LogP contribution >= 0.6 is 11.3 Å². The van der Waals surface area contributed by atoms with E-state index in [1.165, 1.54) is 11.3 Å². The highest BCUT2D eigenvalue weighted by Crippen LogP contribution is 2.31. The lowest BCUT2D eigenvalue weighted by molar-refractivity contribution is -0.138. The van der Waals surface area contributed by atoms with E-state index in [4.69, 9.17) is 9.47 Å². The van der Waals surface area contributed by atoms with Crippen molar-refractivity contribution >= 4 is 34.4 Å². The van der Waals surface area contributed by atoms with Gasteiger partial charge in [0, 0.05) is 4.88 Å². The van der Waals surface area contributed by atoms with Crippen molar-refractivity contribution in [2.45, 2.75) is 13.8 Å². The van der Waals surface area contributed by atoms with E-state index in [2.05, 4.69) is 0 Å². The number of ether oxygens (including phenoxy) is 2. The number of hydrogen-bond acceptors (Lipinski definition) is 5. The minimum absolute atomic E-state index is 0.230. The average Bonchev–Trinajstić information content (AvgIpc) is 3.07. The Morgan fingerprint density at radius 3 is 2.00 bits per heavy atom. The van der Waals surface area contributed by atoms with Crippen molar-refractivity contribution in [3.63, 3.8) is 0 Å². The number of benzene rings is 1. The number of hydrogen-bond donors (Lipinski definition) is 0. The molecule has 5 heteroatoms. The van der Waals surface area contributed by atoms with Gasteiger partial charge in [0.25, 0.3) is 0 Å². The van der Waals surface area contributed by atoms with E-state index in [-0.39, 0.29) is 24.4 Å². The first-order chi connectivity index (χ1) is 11.2. The maximum absolute atomic E-state index is 12.5. The van der Waals surface area contributed by atoms with Crippen molar-refractivity contribution < 1.29 is 19.1 Å². The van der Waals surface area contributed by atoms with Crippen LogP contribution in [0.4, 0.5) is 0 Å². The fourth-order valence-electron chi connectivity index (χ4n) is 2.12. The van der Waals surface area contributed by atoms with E-state index >= 15 is 0 Å². The zero-order valence-corrected chi connectivity index (χ0v) is 13.9. The molecule has 23 heavy (non-hydrogen) atoms. The lowest BCUT2D eigenvalue weighted by Crippen LogP contribution is -2.15. The summed E-state index contributed by atoms with van der Waals surface area (Å²) in [7, 11) is 0. The molecule has 0 spiro atoms. The fraction of sp³-hybridized carbons (Fsp3) is 0.222. The number of carbonyl (C=O) groups is 2. The summed E-state index contributed by atoms with van der Waals surface area (Å²) in [4.78, 5) is 25.7. The number of rotatable bonds is 6. The molecule has 0 amide bonds. The maximum Gasteiger partial charge on any atom is 0.340 e. The quantitative estimate of drug-likeness (QED) is 0.597. The monoisotopic (exact) mass is 330 g/mol. The summed E-state index contributed by atoms with van der Waals surface area (Å²) >= 11 is 1.38. The summed E-state index contributed by atoms with van der Waals surface area (Å²) in [5, 5.41) is 1.85. The first-order valence-corrected chi connectivity index (χ1v) is 8.24. The van der Waals surface area contributed by atoms with Crippen molar-refractivity contribution in [2.24, 2.45) is 0 Å². The summed E-state index contributed by atoms with van der Waals surface area (Å²) in [6.45, 7) is 3.93. The second kappa shape index (κ2) is 8.29. The molecule has 0 bridgehead atoms. The van der Waals surface area contributed by atoms with Gasteiger partial charge in [-0.05, 0) is 30.9 Å². The van der Waals surface area contributed by atoms with Crippen LogP contribution < -0.4 is 0 Å². The van der Waals surface area contributed by atoms with E-state index in [9.17, 15) is 9.59 Å². The fourth-order valence-corrected chi connectivity index (χ4v) is 2.89. The Labute approximate surface area is 139 Å². The molecule has 4 nitrogen and oxygen atoms in total. The first kappa shape index (κ1) is 17.0. The van der Waals surface area contributed by atoms with E-state index in [1.807, 2.05) is 29.6 Å². The molecular weight excluding hydrogens is 312 g/mol. The highest BCUT2D eigenvalue weighted by Gasteiger charge is 2.26. The van der Waals surface area contributed by atoms with Crippen molar-refractivity contribution in [3.8, 4) is 0 Å². The highest BCUT2D eigenvalue weighted by molar-refractivity contribution is 7.11. The molecule has 0 aliphatic rings. The van der Waals surface area contributed by atoms with Crippen LogP contribution in [0.1, 0.15) is 24.3 Å². The highest BCUT2D eigenvalue weighted by atomic mass is 32.1. The number of thiophene rings is 1. The third kappa shape index (κ3) is 4.07. The molecule has 1 aromatic carbocycles. The average molecular weight is 330 g/mol. The maximum atomic E-state index is 12.5. The molecule has 2 aromatic rings. The largest absolute Gasteiger partial charge is 0.462 e. The standard InChI is InChI=1S/C18H18O4S/c1-3-21-17(19)15(13-9-6-5-7-10-13)16(18(20)22-4-2)14-11-8-12-23-14/h5-12H,3-4H2,1-2H3/b16-15+. The van der Waals surface area contributed by atoms with E-state index in [1.54, 1.807) is 32.0 Å². The molecule has 2 rings (SSSR count). The Hall–Kier alpha value is -2.40.